The molecule has 2 aliphatic rings. The molecule has 1 aromatic carbocycles. The van der Waals surface area contributed by atoms with Crippen molar-refractivity contribution < 1.29 is 17.7 Å². The molecule has 2 aliphatic heterocycles. The van der Waals surface area contributed by atoms with E-state index in [0.717, 1.165) is 62.1 Å². The van der Waals surface area contributed by atoms with Crippen molar-refractivity contribution in [3.05, 3.63) is 48.6 Å². The Morgan fingerprint density at radius 1 is 1.12 bits per heavy atom. The molecule has 2 atom stereocenters. The van der Waals surface area contributed by atoms with Gasteiger partial charge in [-0.2, -0.15) is 0 Å². The zero-order valence-corrected chi connectivity index (χ0v) is 19.6. The summed E-state index contributed by atoms with van der Waals surface area (Å²) in [6.07, 6.45) is 8.94. The highest BCUT2D eigenvalue weighted by Crippen LogP contribution is 2.35. The molecule has 0 spiro atoms. The van der Waals surface area contributed by atoms with Gasteiger partial charge in [-0.25, -0.2) is 13.1 Å². The van der Waals surface area contributed by atoms with Gasteiger partial charge in [0.2, 0.25) is 10.0 Å². The fourth-order valence-electron chi connectivity index (χ4n) is 5.12. The first-order valence-electron chi connectivity index (χ1n) is 11.7. The second-order valence-corrected chi connectivity index (χ2v) is 10.7. The number of rotatable bonds is 7. The lowest BCUT2D eigenvalue weighted by atomic mass is 9.93. The number of hydrogen-bond donors (Lipinski definition) is 1. The minimum absolute atomic E-state index is 0.189. The maximum Gasteiger partial charge on any atom is 0.241 e. The lowest BCUT2D eigenvalue weighted by Crippen LogP contribution is -2.33. The average Bonchev–Trinajstić information content (AvgIpc) is 3.51. The lowest BCUT2D eigenvalue weighted by Gasteiger charge is -2.33. The van der Waals surface area contributed by atoms with Gasteiger partial charge in [-0.15, -0.1) is 0 Å². The Hall–Kier alpha value is -2.49. The SMILES string of the molecule is C[C@@H]1OCC[C@@H]1CCNS(=O)(=O)c1ccc(N2CCC(c3ccon3)CC2)c2cnccc12. The van der Waals surface area contributed by atoms with Crippen molar-refractivity contribution in [2.45, 2.75) is 49.5 Å². The van der Waals surface area contributed by atoms with Gasteiger partial charge in [-0.3, -0.25) is 4.98 Å². The van der Waals surface area contributed by atoms with Crippen molar-refractivity contribution in [3.63, 3.8) is 0 Å². The maximum absolute atomic E-state index is 13.2. The third-order valence-corrected chi connectivity index (χ3v) is 8.62. The molecule has 2 fully saturated rings. The highest BCUT2D eigenvalue weighted by Gasteiger charge is 2.27. The van der Waals surface area contributed by atoms with Gasteiger partial charge in [-0.05, 0) is 56.7 Å². The number of ether oxygens (including phenoxy) is 1. The summed E-state index contributed by atoms with van der Waals surface area (Å²) >= 11 is 0. The molecule has 0 bridgehead atoms. The molecule has 2 aromatic heterocycles. The summed E-state index contributed by atoms with van der Waals surface area (Å²) in [4.78, 5) is 6.91. The number of nitrogens with one attached hydrogen (secondary N) is 1. The molecule has 0 unspecified atom stereocenters. The van der Waals surface area contributed by atoms with Gasteiger partial charge in [-0.1, -0.05) is 5.16 Å². The molecular weight excluding hydrogens is 440 g/mol. The van der Waals surface area contributed by atoms with E-state index < -0.39 is 10.0 Å². The second kappa shape index (κ2) is 9.40. The lowest BCUT2D eigenvalue weighted by molar-refractivity contribution is 0.104. The number of piperidine rings is 1. The molecule has 1 N–H and O–H groups in total. The number of anilines is 1. The first-order chi connectivity index (χ1) is 16.0. The zero-order valence-electron chi connectivity index (χ0n) is 18.8. The predicted molar refractivity (Wildman–Crippen MR) is 126 cm³/mol. The van der Waals surface area contributed by atoms with Gasteiger partial charge < -0.3 is 14.2 Å². The van der Waals surface area contributed by atoms with E-state index >= 15 is 0 Å². The van der Waals surface area contributed by atoms with Gasteiger partial charge in [0.05, 0.1) is 16.7 Å². The van der Waals surface area contributed by atoms with Crippen LogP contribution in [0.5, 0.6) is 0 Å². The van der Waals surface area contributed by atoms with E-state index in [1.165, 1.54) is 0 Å². The first-order valence-corrected chi connectivity index (χ1v) is 13.1. The van der Waals surface area contributed by atoms with E-state index in [9.17, 15) is 8.42 Å². The van der Waals surface area contributed by atoms with Crippen molar-refractivity contribution in [1.29, 1.82) is 0 Å². The third-order valence-electron chi connectivity index (χ3n) is 7.10. The van der Waals surface area contributed by atoms with E-state index in [4.69, 9.17) is 9.26 Å². The van der Waals surface area contributed by atoms with Gasteiger partial charge in [0.15, 0.2) is 0 Å². The minimum atomic E-state index is -3.64. The van der Waals surface area contributed by atoms with Gasteiger partial charge in [0.25, 0.3) is 0 Å². The van der Waals surface area contributed by atoms with Gasteiger partial charge in [0.1, 0.15) is 6.26 Å². The van der Waals surface area contributed by atoms with Crippen LogP contribution in [0.25, 0.3) is 10.8 Å². The molecule has 9 heteroatoms. The molecule has 0 aliphatic carbocycles. The molecule has 0 amide bonds. The van der Waals surface area contributed by atoms with E-state index in [1.54, 1.807) is 30.8 Å². The number of nitrogens with zero attached hydrogens (tertiary/aromatic N) is 3. The van der Waals surface area contributed by atoms with Crippen LogP contribution in [0.4, 0.5) is 5.69 Å². The Bertz CT molecular complexity index is 1190. The largest absolute Gasteiger partial charge is 0.378 e. The average molecular weight is 471 g/mol. The van der Waals surface area contributed by atoms with Crippen LogP contribution in [-0.4, -0.2) is 50.9 Å². The normalized spacial score (nSPS) is 22.3. The zero-order chi connectivity index (χ0) is 22.8. The summed E-state index contributed by atoms with van der Waals surface area (Å²) in [6, 6.07) is 7.38. The summed E-state index contributed by atoms with van der Waals surface area (Å²) in [7, 11) is -3.64. The minimum Gasteiger partial charge on any atom is -0.378 e. The third kappa shape index (κ3) is 4.62. The molecule has 2 saturated heterocycles. The first kappa shape index (κ1) is 22.3. The molecule has 4 heterocycles. The Balaban J connectivity index is 1.33. The quantitative estimate of drug-likeness (QED) is 0.562. The molecule has 0 saturated carbocycles. The topological polar surface area (TPSA) is 97.6 Å². The Kier molecular flexibility index (Phi) is 6.36. The van der Waals surface area contributed by atoms with Crippen molar-refractivity contribution in [2.24, 2.45) is 5.92 Å². The van der Waals surface area contributed by atoms with E-state index in [1.807, 2.05) is 12.1 Å². The Morgan fingerprint density at radius 3 is 2.70 bits per heavy atom. The molecule has 0 radical (unpaired) electrons. The van der Waals surface area contributed by atoms with Gasteiger partial charge >= 0.3 is 0 Å². The number of benzene rings is 1. The van der Waals surface area contributed by atoms with Crippen LogP contribution in [0.2, 0.25) is 0 Å². The maximum atomic E-state index is 13.2. The Labute approximate surface area is 194 Å². The van der Waals surface area contributed by atoms with Gasteiger partial charge in [0, 0.05) is 67.1 Å². The molecule has 3 aromatic rings. The van der Waals surface area contributed by atoms with Crippen LogP contribution in [0.3, 0.4) is 0 Å². The molecule has 33 heavy (non-hydrogen) atoms. The second-order valence-electron chi connectivity index (χ2n) is 9.00. The summed E-state index contributed by atoms with van der Waals surface area (Å²) in [5.74, 6) is 0.789. The van der Waals surface area contributed by atoms with Crippen molar-refractivity contribution >= 4 is 26.5 Å². The monoisotopic (exact) mass is 470 g/mol. The number of aromatic nitrogens is 2. The van der Waals surface area contributed by atoms with Crippen LogP contribution < -0.4 is 9.62 Å². The van der Waals surface area contributed by atoms with Crippen LogP contribution in [-0.2, 0) is 14.8 Å². The van der Waals surface area contributed by atoms with E-state index in [-0.39, 0.29) is 6.10 Å². The molecular formula is C24H30N4O4S. The number of sulfonamides is 1. The van der Waals surface area contributed by atoms with Crippen LogP contribution >= 0.6 is 0 Å². The highest BCUT2D eigenvalue weighted by atomic mass is 32.2. The molecule has 5 rings (SSSR count). The van der Waals surface area contributed by atoms with Crippen LogP contribution in [0.15, 0.2) is 52.3 Å². The summed E-state index contributed by atoms with van der Waals surface area (Å²) in [5, 5.41) is 5.66. The summed E-state index contributed by atoms with van der Waals surface area (Å²) in [5.41, 5.74) is 2.03. The standard InChI is InChI=1S/C24H30N4O4S/c1-17-18(8-14-31-17)4-11-26-33(29,30)24-3-2-23(21-16-25-10-5-20(21)24)28-12-6-19(7-13-28)22-9-15-32-27-22/h2-3,5,9-10,15-19,26H,4,6-8,11-14H2,1H3/t17-,18-/m0/s1. The van der Waals surface area contributed by atoms with Crippen molar-refractivity contribution in [1.82, 2.24) is 14.9 Å². The van der Waals surface area contributed by atoms with E-state index in [0.29, 0.717) is 28.7 Å². The van der Waals surface area contributed by atoms with Crippen molar-refractivity contribution in [3.8, 4) is 0 Å². The fourth-order valence-corrected chi connectivity index (χ4v) is 6.37. The van der Waals surface area contributed by atoms with Crippen LogP contribution in [0.1, 0.15) is 44.2 Å². The fraction of sp³-hybridized carbons (Fsp3) is 0.500. The number of hydrogen-bond acceptors (Lipinski definition) is 7. The molecule has 8 nitrogen and oxygen atoms in total. The Morgan fingerprint density at radius 2 is 1.97 bits per heavy atom. The number of pyridine rings is 1. The van der Waals surface area contributed by atoms with Crippen LogP contribution in [0, 0.1) is 5.92 Å². The van der Waals surface area contributed by atoms with Crippen molar-refractivity contribution in [2.75, 3.05) is 31.1 Å². The highest BCUT2D eigenvalue weighted by molar-refractivity contribution is 7.89. The summed E-state index contributed by atoms with van der Waals surface area (Å²) in [6.45, 7) is 4.96. The smallest absolute Gasteiger partial charge is 0.241 e. The predicted octanol–water partition coefficient (Wildman–Crippen LogP) is 3.70. The van der Waals surface area contributed by atoms with E-state index in [2.05, 4.69) is 26.7 Å². The molecule has 176 valence electrons. The number of fused-ring (bicyclic) bond motifs is 1. The summed E-state index contributed by atoms with van der Waals surface area (Å²) < 4.78 is 39.7.